The molecule has 0 fully saturated rings. The Morgan fingerprint density at radius 3 is 3.10 bits per heavy atom. The Morgan fingerprint density at radius 1 is 1.30 bits per heavy atom. The predicted octanol–water partition coefficient (Wildman–Crippen LogP) is 2.15. The zero-order valence-electron chi connectivity index (χ0n) is 5.24. The Morgan fingerprint density at radius 2 is 2.20 bits per heavy atom. The highest BCUT2D eigenvalue weighted by Crippen LogP contribution is 2.22. The molecule has 1 aromatic rings. The molecule has 1 aliphatic heterocycles. The zero-order chi connectivity index (χ0) is 6.81. The topological polar surface area (TPSA) is 12.4 Å². The quantitative estimate of drug-likeness (QED) is 0.512. The van der Waals surface area contributed by atoms with E-state index in [1.165, 1.54) is 11.9 Å². The fourth-order valence-electron chi connectivity index (χ4n) is 0.861. The van der Waals surface area contributed by atoms with Gasteiger partial charge in [-0.1, -0.05) is 24.3 Å². The van der Waals surface area contributed by atoms with Crippen molar-refractivity contribution in [3.05, 3.63) is 41.1 Å². The van der Waals surface area contributed by atoms with Gasteiger partial charge >= 0.3 is 0 Å². The van der Waals surface area contributed by atoms with Crippen LogP contribution in [0.5, 0.6) is 0 Å². The minimum atomic E-state index is 1.14. The zero-order valence-corrected chi connectivity index (χ0v) is 6.06. The van der Waals surface area contributed by atoms with Crippen LogP contribution >= 0.6 is 11.9 Å². The van der Waals surface area contributed by atoms with Crippen LogP contribution in [0.1, 0.15) is 11.1 Å². The van der Waals surface area contributed by atoms with Crippen molar-refractivity contribution in [2.24, 2.45) is 4.40 Å². The second-order valence-corrected chi connectivity index (χ2v) is 2.61. The van der Waals surface area contributed by atoms with Crippen LogP contribution in [0.2, 0.25) is 0 Å². The Bertz CT molecular complexity index is 268. The van der Waals surface area contributed by atoms with E-state index in [4.69, 9.17) is 0 Å². The monoisotopic (exact) mass is 147 g/mol. The summed E-state index contributed by atoms with van der Waals surface area (Å²) in [5.41, 5.74) is 2.30. The molecule has 1 aromatic carbocycles. The van der Waals surface area contributed by atoms with Crippen molar-refractivity contribution >= 4 is 18.2 Å². The fraction of sp³-hybridized carbons (Fsp3) is 0. The average molecular weight is 147 g/mol. The molecular formula is C8H5NS. The summed E-state index contributed by atoms with van der Waals surface area (Å²) >= 11 is 1.36. The van der Waals surface area contributed by atoms with Crippen molar-refractivity contribution in [1.82, 2.24) is 0 Å². The second-order valence-electron chi connectivity index (χ2n) is 2.02. The van der Waals surface area contributed by atoms with Crippen molar-refractivity contribution in [3.63, 3.8) is 0 Å². The summed E-state index contributed by atoms with van der Waals surface area (Å²) in [5, 5.41) is 0. The van der Waals surface area contributed by atoms with Crippen LogP contribution in [0.4, 0.5) is 0 Å². The van der Waals surface area contributed by atoms with Crippen molar-refractivity contribution in [1.29, 1.82) is 0 Å². The van der Waals surface area contributed by atoms with Crippen LogP contribution in [0.3, 0.4) is 0 Å². The molecule has 0 atom stereocenters. The number of hydrogen-bond donors (Lipinski definition) is 0. The Labute approximate surface area is 64.3 Å². The lowest BCUT2D eigenvalue weighted by Gasteiger charge is -2.05. The van der Waals surface area contributed by atoms with Crippen molar-refractivity contribution < 1.29 is 0 Å². The van der Waals surface area contributed by atoms with Crippen LogP contribution in [0, 0.1) is 5.75 Å². The lowest BCUT2D eigenvalue weighted by Crippen LogP contribution is -1.91. The molecule has 0 spiro atoms. The summed E-state index contributed by atoms with van der Waals surface area (Å²) in [6.45, 7) is 0. The van der Waals surface area contributed by atoms with Gasteiger partial charge in [0.15, 0.2) is 0 Å². The van der Waals surface area contributed by atoms with E-state index in [0.29, 0.717) is 0 Å². The van der Waals surface area contributed by atoms with E-state index in [0.717, 1.165) is 11.1 Å². The van der Waals surface area contributed by atoms with Gasteiger partial charge in [0, 0.05) is 6.21 Å². The average Bonchev–Trinajstić information content (AvgIpc) is 2.05. The number of fused-ring (bicyclic) bond motifs is 1. The number of hydrogen-bond acceptors (Lipinski definition) is 2. The lowest BCUT2D eigenvalue weighted by molar-refractivity contribution is 1.54. The molecule has 0 bridgehead atoms. The summed E-state index contributed by atoms with van der Waals surface area (Å²) < 4.78 is 4.00. The highest BCUT2D eigenvalue weighted by atomic mass is 32.2. The fourth-order valence-corrected chi connectivity index (χ4v) is 1.36. The molecule has 0 amide bonds. The van der Waals surface area contributed by atoms with Crippen LogP contribution in [-0.4, -0.2) is 6.21 Å². The number of nitrogens with zero attached hydrogens (tertiary/aromatic N) is 1. The summed E-state index contributed by atoms with van der Waals surface area (Å²) in [6.07, 6.45) is 1.86. The lowest BCUT2D eigenvalue weighted by atomic mass is 10.1. The van der Waals surface area contributed by atoms with Crippen LogP contribution in [0.25, 0.3) is 0 Å². The van der Waals surface area contributed by atoms with E-state index in [1.807, 2.05) is 30.5 Å². The van der Waals surface area contributed by atoms with Gasteiger partial charge < -0.3 is 0 Å². The molecular weight excluding hydrogens is 142 g/mol. The van der Waals surface area contributed by atoms with Gasteiger partial charge in [-0.3, -0.25) is 0 Å². The molecule has 2 radical (unpaired) electrons. The summed E-state index contributed by atoms with van der Waals surface area (Å²) in [5.74, 6) is 3.08. The highest BCUT2D eigenvalue weighted by molar-refractivity contribution is 8.00. The molecule has 0 N–H and O–H groups in total. The van der Waals surface area contributed by atoms with Crippen LogP contribution in [-0.2, 0) is 0 Å². The van der Waals surface area contributed by atoms with Gasteiger partial charge in [-0.2, -0.15) is 0 Å². The molecule has 2 heteroatoms. The predicted molar refractivity (Wildman–Crippen MR) is 44.0 cm³/mol. The van der Waals surface area contributed by atoms with Gasteiger partial charge in [0.05, 0.1) is 0 Å². The second kappa shape index (κ2) is 2.46. The number of benzene rings is 1. The molecule has 2 rings (SSSR count). The Hall–Kier alpha value is -0.760. The van der Waals surface area contributed by atoms with Gasteiger partial charge in [-0.15, -0.1) is 0 Å². The first-order valence-electron chi connectivity index (χ1n) is 3.01. The molecule has 1 aliphatic rings. The SMILES string of the molecule is [C]1SN=Cc2ccccc21. The first-order chi connectivity index (χ1) is 4.97. The molecule has 10 heavy (non-hydrogen) atoms. The van der Waals surface area contributed by atoms with Crippen LogP contribution in [0.15, 0.2) is 28.7 Å². The van der Waals surface area contributed by atoms with E-state index < -0.39 is 0 Å². The maximum atomic E-state index is 4.00. The third kappa shape index (κ3) is 0.948. The largest absolute Gasteiger partial charge is 0.223 e. The summed E-state index contributed by atoms with van der Waals surface area (Å²) in [6, 6.07) is 8.08. The molecule has 0 aromatic heterocycles. The molecule has 0 saturated heterocycles. The van der Waals surface area contributed by atoms with E-state index in [1.54, 1.807) is 0 Å². The third-order valence-electron chi connectivity index (χ3n) is 1.36. The summed E-state index contributed by atoms with van der Waals surface area (Å²) in [7, 11) is 0. The number of rotatable bonds is 0. The maximum absolute atomic E-state index is 4.00. The third-order valence-corrected chi connectivity index (χ3v) is 1.88. The first-order valence-corrected chi connectivity index (χ1v) is 3.78. The van der Waals surface area contributed by atoms with Gasteiger partial charge in [0.25, 0.3) is 0 Å². The maximum Gasteiger partial charge on any atom is 0.108 e. The van der Waals surface area contributed by atoms with Gasteiger partial charge in [-0.25, -0.2) is 4.40 Å². The Kier molecular flexibility index (Phi) is 1.47. The highest BCUT2D eigenvalue weighted by Gasteiger charge is 2.03. The van der Waals surface area contributed by atoms with Crippen molar-refractivity contribution in [3.8, 4) is 0 Å². The van der Waals surface area contributed by atoms with Gasteiger partial charge in [0.1, 0.15) is 5.75 Å². The normalized spacial score (nSPS) is 14.8. The molecule has 48 valence electrons. The van der Waals surface area contributed by atoms with Crippen molar-refractivity contribution in [2.75, 3.05) is 0 Å². The van der Waals surface area contributed by atoms with E-state index >= 15 is 0 Å². The molecule has 0 saturated carbocycles. The Balaban J connectivity index is 2.54. The standard InChI is InChI=1S/C8H5NS/c1-2-4-8-6-10-9-5-7(8)3-1/h1-5H. The van der Waals surface area contributed by atoms with Crippen molar-refractivity contribution in [2.45, 2.75) is 0 Å². The van der Waals surface area contributed by atoms with Gasteiger partial charge in [0.2, 0.25) is 0 Å². The summed E-state index contributed by atoms with van der Waals surface area (Å²) in [4.78, 5) is 0. The minimum absolute atomic E-state index is 1.14. The smallest absolute Gasteiger partial charge is 0.108 e. The van der Waals surface area contributed by atoms with Gasteiger partial charge in [-0.05, 0) is 23.1 Å². The van der Waals surface area contributed by atoms with E-state index in [9.17, 15) is 0 Å². The first kappa shape index (κ1) is 5.98. The minimum Gasteiger partial charge on any atom is -0.223 e. The molecule has 0 aliphatic carbocycles. The molecule has 0 unspecified atom stereocenters. The van der Waals surface area contributed by atoms with E-state index in [2.05, 4.69) is 10.2 Å². The molecule has 1 heterocycles. The van der Waals surface area contributed by atoms with Crippen LogP contribution < -0.4 is 0 Å². The molecule has 1 nitrogen and oxygen atoms in total. The van der Waals surface area contributed by atoms with E-state index in [-0.39, 0.29) is 0 Å².